The Hall–Kier alpha value is -3.15. The fourth-order valence-corrected chi connectivity index (χ4v) is 5.76. The quantitative estimate of drug-likeness (QED) is 0.255. The monoisotopic (exact) mass is 518 g/mol. The second-order valence-corrected chi connectivity index (χ2v) is 10.2. The average molecular weight is 519 g/mol. The summed E-state index contributed by atoms with van der Waals surface area (Å²) in [4.78, 5) is 51.9. The van der Waals surface area contributed by atoms with E-state index < -0.39 is 22.3 Å². The van der Waals surface area contributed by atoms with Crippen LogP contribution in [0.25, 0.3) is 0 Å². The number of carbonyl (C=O) groups is 3. The predicted octanol–water partition coefficient (Wildman–Crippen LogP) is 2.57. The van der Waals surface area contributed by atoms with Crippen LogP contribution in [0, 0.1) is 15.5 Å². The maximum atomic E-state index is 13.1. The number of nitrogens with two attached hydrogens (primary N) is 1. The number of nitro groups is 1. The van der Waals surface area contributed by atoms with E-state index in [1.165, 1.54) is 40.9 Å². The Morgan fingerprint density at radius 2 is 1.91 bits per heavy atom. The van der Waals surface area contributed by atoms with Crippen LogP contribution in [-0.4, -0.2) is 57.9 Å². The predicted molar refractivity (Wildman–Crippen MR) is 131 cm³/mol. The summed E-state index contributed by atoms with van der Waals surface area (Å²) in [6.07, 6.45) is 0. The molecule has 2 amide bonds. The number of anilines is 1. The van der Waals surface area contributed by atoms with Crippen LogP contribution in [0.15, 0.2) is 48.5 Å². The molecule has 2 heterocycles. The van der Waals surface area contributed by atoms with Gasteiger partial charge in [-0.15, -0.1) is 11.8 Å². The van der Waals surface area contributed by atoms with Gasteiger partial charge in [0.25, 0.3) is 5.69 Å². The molecule has 3 atom stereocenters. The molecule has 35 heavy (non-hydrogen) atoms. The lowest BCUT2D eigenvalue weighted by atomic mass is 9.89. The van der Waals surface area contributed by atoms with Gasteiger partial charge in [0.05, 0.1) is 16.9 Å². The zero-order valence-corrected chi connectivity index (χ0v) is 20.3. The molecule has 184 valence electrons. The average Bonchev–Trinajstić information content (AvgIpc) is 2.86. The molecule has 2 N–H and O–H groups in total. The van der Waals surface area contributed by atoms with E-state index in [4.69, 9.17) is 22.1 Å². The van der Waals surface area contributed by atoms with Gasteiger partial charge >= 0.3 is 5.97 Å². The third-order valence-electron chi connectivity index (χ3n) is 6.04. The smallest absolute Gasteiger partial charge is 0.314 e. The van der Waals surface area contributed by atoms with Crippen LogP contribution in [0.1, 0.15) is 12.5 Å². The SMILES string of the molecule is CC1(C(=O)OCc2ccc([N+](=O)[O-])cc2)CS[C@@H]2C(N(C(=O)CN)c3ccc(Cl)cc3)C(=O)N2C1. The first kappa shape index (κ1) is 25.0. The van der Waals surface area contributed by atoms with Crippen LogP contribution in [0.3, 0.4) is 0 Å². The molecule has 0 radical (unpaired) electrons. The van der Waals surface area contributed by atoms with Crippen LogP contribution < -0.4 is 10.6 Å². The molecule has 0 aliphatic carbocycles. The fraction of sp³-hybridized carbons (Fsp3) is 0.348. The molecule has 0 bridgehead atoms. The first-order chi connectivity index (χ1) is 16.6. The molecule has 2 aromatic carbocycles. The molecule has 2 unspecified atom stereocenters. The zero-order valence-electron chi connectivity index (χ0n) is 18.8. The van der Waals surface area contributed by atoms with Gasteiger partial charge in [-0.3, -0.25) is 29.4 Å². The number of halogens is 1. The molecule has 2 fully saturated rings. The van der Waals surface area contributed by atoms with E-state index >= 15 is 0 Å². The highest BCUT2D eigenvalue weighted by molar-refractivity contribution is 8.00. The zero-order chi connectivity index (χ0) is 25.3. The van der Waals surface area contributed by atoms with Gasteiger partial charge < -0.3 is 15.4 Å². The van der Waals surface area contributed by atoms with E-state index in [1.54, 1.807) is 36.1 Å². The topological polar surface area (TPSA) is 136 Å². The summed E-state index contributed by atoms with van der Waals surface area (Å²) in [5, 5.41) is 11.0. The van der Waals surface area contributed by atoms with E-state index in [9.17, 15) is 24.5 Å². The highest BCUT2D eigenvalue weighted by Crippen LogP contribution is 2.45. The van der Waals surface area contributed by atoms with Gasteiger partial charge in [-0.05, 0) is 48.9 Å². The second kappa shape index (κ2) is 9.84. The van der Waals surface area contributed by atoms with Gasteiger partial charge in [0.2, 0.25) is 11.8 Å². The van der Waals surface area contributed by atoms with Gasteiger partial charge in [0.15, 0.2) is 0 Å². The lowest BCUT2D eigenvalue weighted by Crippen LogP contribution is -2.74. The number of hydrogen-bond acceptors (Lipinski definition) is 8. The van der Waals surface area contributed by atoms with Crippen LogP contribution in [0.2, 0.25) is 5.02 Å². The van der Waals surface area contributed by atoms with Crippen LogP contribution in [0.5, 0.6) is 0 Å². The van der Waals surface area contributed by atoms with Crippen LogP contribution >= 0.6 is 23.4 Å². The van der Waals surface area contributed by atoms with E-state index in [2.05, 4.69) is 0 Å². The van der Waals surface area contributed by atoms with Crippen molar-refractivity contribution in [1.82, 2.24) is 4.90 Å². The lowest BCUT2D eigenvalue weighted by molar-refractivity contribution is -0.384. The largest absolute Gasteiger partial charge is 0.460 e. The minimum atomic E-state index is -0.939. The Morgan fingerprint density at radius 3 is 2.51 bits per heavy atom. The molecular weight excluding hydrogens is 496 g/mol. The fourth-order valence-electron chi connectivity index (χ4n) is 4.10. The summed E-state index contributed by atoms with van der Waals surface area (Å²) < 4.78 is 5.47. The second-order valence-electron chi connectivity index (χ2n) is 8.62. The number of fused-ring (bicyclic) bond motifs is 1. The number of nitro benzene ring substituents is 1. The normalized spacial score (nSPS) is 23.2. The molecule has 10 nitrogen and oxygen atoms in total. The van der Waals surface area contributed by atoms with E-state index in [-0.39, 0.29) is 42.6 Å². The van der Waals surface area contributed by atoms with E-state index in [1.807, 2.05) is 0 Å². The van der Waals surface area contributed by atoms with Gasteiger partial charge in [0, 0.05) is 35.1 Å². The van der Waals surface area contributed by atoms with Crippen LogP contribution in [0.4, 0.5) is 11.4 Å². The molecule has 0 spiro atoms. The van der Waals surface area contributed by atoms with Crippen molar-refractivity contribution in [2.24, 2.45) is 11.1 Å². The third kappa shape index (κ3) is 4.84. The van der Waals surface area contributed by atoms with Crippen molar-refractivity contribution in [2.75, 3.05) is 23.7 Å². The standard InChI is InChI=1S/C23H23ClN4O6S/c1-23(22(31)34-11-14-2-6-17(7-3-14)28(32)33)12-26-20(30)19(21(26)35-13-23)27(18(29)10-25)16-8-4-15(24)5-9-16/h2-9,19,21H,10-13,25H2,1H3/t19?,21-,23?/m1/s1. The third-order valence-corrected chi connectivity index (χ3v) is 7.95. The number of ether oxygens (including phenoxy) is 1. The van der Waals surface area contributed by atoms with Crippen molar-refractivity contribution in [1.29, 1.82) is 0 Å². The minimum Gasteiger partial charge on any atom is -0.460 e. The van der Waals surface area contributed by atoms with Crippen molar-refractivity contribution < 1.29 is 24.0 Å². The van der Waals surface area contributed by atoms with E-state index in [0.717, 1.165) is 0 Å². The summed E-state index contributed by atoms with van der Waals surface area (Å²) in [5.41, 5.74) is 5.77. The van der Waals surface area contributed by atoms with Crippen molar-refractivity contribution in [3.05, 3.63) is 69.2 Å². The first-order valence-corrected chi connectivity index (χ1v) is 12.2. The molecule has 12 heteroatoms. The lowest BCUT2D eigenvalue weighted by Gasteiger charge is -2.55. The Labute approximate surface area is 210 Å². The van der Waals surface area contributed by atoms with Crippen molar-refractivity contribution in [3.8, 4) is 0 Å². The number of hydrogen-bond donors (Lipinski definition) is 1. The molecule has 0 saturated carbocycles. The highest BCUT2D eigenvalue weighted by Gasteiger charge is 2.58. The van der Waals surface area contributed by atoms with Crippen molar-refractivity contribution >= 4 is 52.5 Å². The number of benzene rings is 2. The number of amides is 2. The Bertz CT molecular complexity index is 1160. The van der Waals surface area contributed by atoms with E-state index in [0.29, 0.717) is 22.0 Å². The summed E-state index contributed by atoms with van der Waals surface area (Å²) in [5.74, 6) is -0.733. The maximum absolute atomic E-state index is 13.1. The molecule has 0 aromatic heterocycles. The summed E-state index contributed by atoms with van der Waals surface area (Å²) in [6.45, 7) is 1.60. The van der Waals surface area contributed by atoms with Gasteiger partial charge in [-0.25, -0.2) is 0 Å². The van der Waals surface area contributed by atoms with Crippen LogP contribution in [-0.2, 0) is 25.7 Å². The first-order valence-electron chi connectivity index (χ1n) is 10.7. The molecule has 2 aromatic rings. The summed E-state index contributed by atoms with van der Waals surface area (Å²) >= 11 is 7.37. The minimum absolute atomic E-state index is 0.0353. The number of esters is 1. The molecule has 2 aliphatic rings. The number of carbonyl (C=O) groups excluding carboxylic acids is 3. The maximum Gasteiger partial charge on any atom is 0.314 e. The van der Waals surface area contributed by atoms with Crippen molar-refractivity contribution in [2.45, 2.75) is 24.9 Å². The molecular formula is C23H23ClN4O6S. The summed E-state index contributed by atoms with van der Waals surface area (Å²) in [6, 6.07) is 11.6. The number of non-ortho nitro benzene ring substituents is 1. The molecule has 4 rings (SSSR count). The Kier molecular flexibility index (Phi) is 7.02. The molecule has 2 aliphatic heterocycles. The highest BCUT2D eigenvalue weighted by atomic mass is 35.5. The van der Waals surface area contributed by atoms with Gasteiger partial charge in [0.1, 0.15) is 18.0 Å². The number of β-lactam (4-membered cyclic amide) rings is 1. The van der Waals surface area contributed by atoms with Gasteiger partial charge in [-0.1, -0.05) is 11.6 Å². The Morgan fingerprint density at radius 1 is 1.26 bits per heavy atom. The number of nitrogens with zero attached hydrogens (tertiary/aromatic N) is 3. The van der Waals surface area contributed by atoms with Crippen molar-refractivity contribution in [3.63, 3.8) is 0 Å². The summed E-state index contributed by atoms with van der Waals surface area (Å²) in [7, 11) is 0. The number of thioether (sulfide) groups is 1. The number of rotatable bonds is 7. The van der Waals surface area contributed by atoms with Gasteiger partial charge in [-0.2, -0.15) is 0 Å². The molecule has 2 saturated heterocycles. The Balaban J connectivity index is 1.42.